The van der Waals surface area contributed by atoms with Crippen molar-refractivity contribution in [3.63, 3.8) is 0 Å². The SMILES string of the molecule is NC(=O)c1cccc(CCn2c(O)c(Cc3ccc(N)cc3)[nH]c2=O)c1. The number of benzene rings is 2. The van der Waals surface area contributed by atoms with Crippen molar-refractivity contribution in [2.75, 3.05) is 5.73 Å². The van der Waals surface area contributed by atoms with Gasteiger partial charge in [-0.25, -0.2) is 4.79 Å². The van der Waals surface area contributed by atoms with E-state index in [1.54, 1.807) is 30.3 Å². The Morgan fingerprint density at radius 2 is 1.85 bits per heavy atom. The van der Waals surface area contributed by atoms with Crippen LogP contribution >= 0.6 is 0 Å². The molecule has 26 heavy (non-hydrogen) atoms. The van der Waals surface area contributed by atoms with Crippen LogP contribution in [-0.4, -0.2) is 20.6 Å². The van der Waals surface area contributed by atoms with Gasteiger partial charge >= 0.3 is 5.69 Å². The predicted molar refractivity (Wildman–Crippen MR) is 99.0 cm³/mol. The summed E-state index contributed by atoms with van der Waals surface area (Å²) in [6, 6.07) is 14.1. The lowest BCUT2D eigenvalue weighted by Gasteiger charge is -2.06. The van der Waals surface area contributed by atoms with Gasteiger partial charge in [-0.2, -0.15) is 0 Å². The van der Waals surface area contributed by atoms with Crippen molar-refractivity contribution in [2.24, 2.45) is 5.73 Å². The summed E-state index contributed by atoms with van der Waals surface area (Å²) in [4.78, 5) is 26.1. The summed E-state index contributed by atoms with van der Waals surface area (Å²) < 4.78 is 1.28. The van der Waals surface area contributed by atoms with Crippen LogP contribution < -0.4 is 17.2 Å². The van der Waals surface area contributed by atoms with E-state index in [2.05, 4.69) is 4.98 Å². The Morgan fingerprint density at radius 1 is 1.12 bits per heavy atom. The quantitative estimate of drug-likeness (QED) is 0.500. The third-order valence-corrected chi connectivity index (χ3v) is 4.22. The van der Waals surface area contributed by atoms with E-state index in [0.717, 1.165) is 11.1 Å². The van der Waals surface area contributed by atoms with Gasteiger partial charge in [0.05, 0.1) is 5.69 Å². The first-order valence-electron chi connectivity index (χ1n) is 8.18. The Hall–Kier alpha value is -3.48. The highest BCUT2D eigenvalue weighted by Gasteiger charge is 2.13. The lowest BCUT2D eigenvalue weighted by Crippen LogP contribution is -2.18. The van der Waals surface area contributed by atoms with Crippen LogP contribution in [0.5, 0.6) is 5.88 Å². The van der Waals surface area contributed by atoms with E-state index >= 15 is 0 Å². The number of aryl methyl sites for hydroxylation is 1. The summed E-state index contributed by atoms with van der Waals surface area (Å²) in [5, 5.41) is 10.4. The number of aromatic amines is 1. The number of rotatable bonds is 6. The third kappa shape index (κ3) is 3.77. The highest BCUT2D eigenvalue weighted by Crippen LogP contribution is 2.18. The number of carbonyl (C=O) groups is 1. The van der Waals surface area contributed by atoms with Gasteiger partial charge in [0.15, 0.2) is 0 Å². The van der Waals surface area contributed by atoms with Gasteiger partial charge in [0.25, 0.3) is 0 Å². The molecule has 1 amide bonds. The number of aromatic nitrogens is 2. The summed E-state index contributed by atoms with van der Waals surface area (Å²) in [7, 11) is 0. The van der Waals surface area contributed by atoms with Crippen molar-refractivity contribution in [3.8, 4) is 5.88 Å². The molecule has 7 heteroatoms. The molecule has 0 unspecified atom stereocenters. The van der Waals surface area contributed by atoms with Gasteiger partial charge in [0.1, 0.15) is 0 Å². The van der Waals surface area contributed by atoms with E-state index in [1.807, 2.05) is 18.2 Å². The first-order valence-corrected chi connectivity index (χ1v) is 8.18. The number of aromatic hydroxyl groups is 1. The molecule has 1 aromatic heterocycles. The Labute approximate surface area is 149 Å². The molecule has 3 aromatic rings. The van der Waals surface area contributed by atoms with Gasteiger partial charge < -0.3 is 21.6 Å². The minimum absolute atomic E-state index is 0.0853. The maximum atomic E-state index is 12.2. The molecule has 0 bridgehead atoms. The van der Waals surface area contributed by atoms with Crippen LogP contribution in [0.15, 0.2) is 53.3 Å². The molecule has 3 rings (SSSR count). The number of anilines is 1. The lowest BCUT2D eigenvalue weighted by atomic mass is 10.1. The molecule has 0 saturated carbocycles. The fourth-order valence-electron chi connectivity index (χ4n) is 2.80. The Morgan fingerprint density at radius 3 is 2.54 bits per heavy atom. The second-order valence-corrected chi connectivity index (χ2v) is 6.12. The third-order valence-electron chi connectivity index (χ3n) is 4.22. The van der Waals surface area contributed by atoms with Crippen LogP contribution in [-0.2, 0) is 19.4 Å². The van der Waals surface area contributed by atoms with Gasteiger partial charge in [0.2, 0.25) is 11.8 Å². The summed E-state index contributed by atoms with van der Waals surface area (Å²) in [6.45, 7) is 0.283. The molecule has 0 aliphatic carbocycles. The van der Waals surface area contributed by atoms with Crippen LogP contribution in [0.3, 0.4) is 0 Å². The maximum Gasteiger partial charge on any atom is 0.328 e. The number of amides is 1. The first kappa shape index (κ1) is 17.3. The second kappa shape index (κ2) is 7.18. The molecule has 6 N–H and O–H groups in total. The fourth-order valence-corrected chi connectivity index (χ4v) is 2.80. The number of nitrogen functional groups attached to an aromatic ring is 1. The van der Waals surface area contributed by atoms with Crippen molar-refractivity contribution in [1.82, 2.24) is 9.55 Å². The summed E-state index contributed by atoms with van der Waals surface area (Å²) in [5.41, 5.74) is 13.9. The van der Waals surface area contributed by atoms with Crippen molar-refractivity contribution >= 4 is 11.6 Å². The monoisotopic (exact) mass is 352 g/mol. The fraction of sp³-hybridized carbons (Fsp3) is 0.158. The molecule has 0 saturated heterocycles. The number of nitrogens with one attached hydrogen (secondary N) is 1. The minimum atomic E-state index is -0.501. The Balaban J connectivity index is 1.76. The topological polar surface area (TPSA) is 127 Å². The molecule has 7 nitrogen and oxygen atoms in total. The van der Waals surface area contributed by atoms with Gasteiger partial charge in [-0.05, 0) is 41.8 Å². The molecular weight excluding hydrogens is 332 g/mol. The van der Waals surface area contributed by atoms with Crippen LogP contribution in [0.25, 0.3) is 0 Å². The zero-order valence-electron chi connectivity index (χ0n) is 14.1. The average Bonchev–Trinajstić information content (AvgIpc) is 2.89. The predicted octanol–water partition coefficient (Wildman–Crippen LogP) is 1.40. The number of hydrogen-bond acceptors (Lipinski definition) is 4. The summed E-state index contributed by atoms with van der Waals surface area (Å²) in [6.07, 6.45) is 0.874. The van der Waals surface area contributed by atoms with Crippen molar-refractivity contribution in [2.45, 2.75) is 19.4 Å². The van der Waals surface area contributed by atoms with Gasteiger partial charge in [-0.3, -0.25) is 9.36 Å². The van der Waals surface area contributed by atoms with E-state index in [1.165, 1.54) is 4.57 Å². The summed E-state index contributed by atoms with van der Waals surface area (Å²) in [5.74, 6) is -0.586. The highest BCUT2D eigenvalue weighted by molar-refractivity contribution is 5.92. The average molecular weight is 352 g/mol. The standard InChI is InChI=1S/C19H20N4O3/c20-15-6-4-13(5-7-15)11-16-18(25)23(19(26)22-16)9-8-12-2-1-3-14(10-12)17(21)24/h1-7,10,25H,8-9,11,20H2,(H2,21,24)(H,22,26). The second-order valence-electron chi connectivity index (χ2n) is 6.12. The number of nitrogens with two attached hydrogens (primary N) is 2. The largest absolute Gasteiger partial charge is 0.493 e. The van der Waals surface area contributed by atoms with Crippen molar-refractivity contribution in [1.29, 1.82) is 0 Å². The number of imidazole rings is 1. The molecule has 0 fully saturated rings. The summed E-state index contributed by atoms with van der Waals surface area (Å²) >= 11 is 0. The number of H-pyrrole nitrogens is 1. The molecule has 0 aliphatic heterocycles. The van der Waals surface area contributed by atoms with Gasteiger partial charge in [0, 0.05) is 24.2 Å². The van der Waals surface area contributed by atoms with Crippen LogP contribution in [0.4, 0.5) is 5.69 Å². The molecule has 0 atom stereocenters. The van der Waals surface area contributed by atoms with Gasteiger partial charge in [-0.1, -0.05) is 24.3 Å². The van der Waals surface area contributed by atoms with E-state index < -0.39 is 5.91 Å². The van der Waals surface area contributed by atoms with Crippen LogP contribution in [0.2, 0.25) is 0 Å². The number of nitrogens with zero attached hydrogens (tertiary/aromatic N) is 1. The first-order chi connectivity index (χ1) is 12.4. The van der Waals surface area contributed by atoms with Crippen molar-refractivity contribution in [3.05, 3.63) is 81.4 Å². The number of carbonyl (C=O) groups excluding carboxylic acids is 1. The van der Waals surface area contributed by atoms with Crippen LogP contribution in [0, 0.1) is 0 Å². The number of hydrogen-bond donors (Lipinski definition) is 4. The zero-order chi connectivity index (χ0) is 18.7. The highest BCUT2D eigenvalue weighted by atomic mass is 16.3. The molecule has 1 heterocycles. The molecule has 2 aromatic carbocycles. The smallest absolute Gasteiger partial charge is 0.328 e. The van der Waals surface area contributed by atoms with Crippen molar-refractivity contribution < 1.29 is 9.90 Å². The molecule has 0 spiro atoms. The molecule has 0 aliphatic rings. The normalized spacial score (nSPS) is 10.8. The number of primary amides is 1. The van der Waals surface area contributed by atoms with E-state index in [9.17, 15) is 14.7 Å². The lowest BCUT2D eigenvalue weighted by molar-refractivity contribution is 0.1000. The minimum Gasteiger partial charge on any atom is -0.493 e. The Bertz CT molecular complexity index is 987. The van der Waals surface area contributed by atoms with E-state index in [4.69, 9.17) is 11.5 Å². The van der Waals surface area contributed by atoms with Crippen LogP contribution in [0.1, 0.15) is 27.2 Å². The van der Waals surface area contributed by atoms with Gasteiger partial charge in [-0.15, -0.1) is 0 Å². The molecular formula is C19H20N4O3. The van der Waals surface area contributed by atoms with E-state index in [0.29, 0.717) is 29.8 Å². The maximum absolute atomic E-state index is 12.2. The molecule has 0 radical (unpaired) electrons. The Kier molecular flexibility index (Phi) is 4.79. The molecule has 134 valence electrons. The van der Waals surface area contributed by atoms with E-state index in [-0.39, 0.29) is 18.1 Å². The zero-order valence-corrected chi connectivity index (χ0v) is 14.1.